The molecule has 1 rings (SSSR count). The normalized spacial score (nSPS) is 13.1. The first-order valence-electron chi connectivity index (χ1n) is 7.79. The van der Waals surface area contributed by atoms with Crippen molar-refractivity contribution in [2.45, 2.75) is 39.8 Å². The fourth-order valence-electron chi connectivity index (χ4n) is 2.15. The molecule has 1 N–H and O–H groups in total. The van der Waals surface area contributed by atoms with Crippen LogP contribution in [0.4, 0.5) is 0 Å². The zero-order chi connectivity index (χ0) is 14.8. The Hall–Kier alpha value is -0.900. The minimum atomic E-state index is 0.133. The first-order chi connectivity index (χ1) is 9.67. The molecule has 1 atom stereocenters. The Morgan fingerprint density at radius 3 is 2.30 bits per heavy atom. The second-order valence-corrected chi connectivity index (χ2v) is 5.36. The smallest absolute Gasteiger partial charge is 0.0949 e. The summed E-state index contributed by atoms with van der Waals surface area (Å²) >= 11 is 0. The number of ether oxygens (including phenoxy) is 1. The van der Waals surface area contributed by atoms with E-state index in [9.17, 15) is 0 Å². The van der Waals surface area contributed by atoms with Gasteiger partial charge in [-0.15, -0.1) is 0 Å². The summed E-state index contributed by atoms with van der Waals surface area (Å²) in [5, 5.41) is 3.47. The van der Waals surface area contributed by atoms with Gasteiger partial charge >= 0.3 is 0 Å². The van der Waals surface area contributed by atoms with E-state index in [1.807, 2.05) is 6.07 Å². The predicted molar refractivity (Wildman–Crippen MR) is 86.1 cm³/mol. The van der Waals surface area contributed by atoms with Crippen LogP contribution in [0.3, 0.4) is 0 Å². The van der Waals surface area contributed by atoms with Gasteiger partial charge in [0.2, 0.25) is 0 Å². The fraction of sp³-hybridized carbons (Fsp3) is 0.647. The van der Waals surface area contributed by atoms with Crippen LogP contribution in [0.1, 0.15) is 39.4 Å². The van der Waals surface area contributed by atoms with Crippen LogP contribution in [0, 0.1) is 0 Å². The molecule has 0 aliphatic heterocycles. The van der Waals surface area contributed by atoms with Crippen molar-refractivity contribution in [1.29, 1.82) is 0 Å². The number of hydrogen-bond donors (Lipinski definition) is 1. The lowest BCUT2D eigenvalue weighted by atomic mass is 10.1. The molecule has 0 aliphatic rings. The molecule has 1 aromatic carbocycles. The first-order valence-corrected chi connectivity index (χ1v) is 7.79. The van der Waals surface area contributed by atoms with E-state index in [4.69, 9.17) is 4.74 Å². The summed E-state index contributed by atoms with van der Waals surface area (Å²) < 4.78 is 6.11. The predicted octanol–water partition coefficient (Wildman–Crippen LogP) is 3.08. The monoisotopic (exact) mass is 278 g/mol. The van der Waals surface area contributed by atoms with Gasteiger partial charge in [0, 0.05) is 19.1 Å². The molecule has 20 heavy (non-hydrogen) atoms. The Bertz CT molecular complexity index is 336. The average molecular weight is 278 g/mol. The molecule has 1 unspecified atom stereocenters. The highest BCUT2D eigenvalue weighted by molar-refractivity contribution is 5.17. The van der Waals surface area contributed by atoms with E-state index in [0.717, 1.165) is 32.8 Å². The van der Waals surface area contributed by atoms with Gasteiger partial charge in [-0.25, -0.2) is 0 Å². The van der Waals surface area contributed by atoms with Crippen molar-refractivity contribution in [2.24, 2.45) is 0 Å². The summed E-state index contributed by atoms with van der Waals surface area (Å²) in [5.74, 6) is 0. The molecule has 0 amide bonds. The zero-order valence-corrected chi connectivity index (χ0v) is 13.4. The maximum atomic E-state index is 6.11. The van der Waals surface area contributed by atoms with Crippen LogP contribution < -0.4 is 5.32 Å². The molecular formula is C17H30N2O. The molecule has 114 valence electrons. The molecule has 0 bridgehead atoms. The van der Waals surface area contributed by atoms with Gasteiger partial charge in [0.25, 0.3) is 0 Å². The van der Waals surface area contributed by atoms with Crippen LogP contribution in [0.25, 0.3) is 0 Å². The first kappa shape index (κ1) is 17.2. The second-order valence-electron chi connectivity index (χ2n) is 5.36. The van der Waals surface area contributed by atoms with Crippen LogP contribution in [-0.4, -0.2) is 43.7 Å². The van der Waals surface area contributed by atoms with Crippen molar-refractivity contribution >= 4 is 0 Å². The maximum absolute atomic E-state index is 6.11. The van der Waals surface area contributed by atoms with E-state index in [2.05, 4.69) is 62.2 Å². The van der Waals surface area contributed by atoms with Gasteiger partial charge in [-0.2, -0.15) is 0 Å². The van der Waals surface area contributed by atoms with E-state index in [1.165, 1.54) is 5.56 Å². The molecule has 1 aromatic rings. The Morgan fingerprint density at radius 1 is 1.10 bits per heavy atom. The van der Waals surface area contributed by atoms with Gasteiger partial charge < -0.3 is 15.0 Å². The van der Waals surface area contributed by atoms with Crippen molar-refractivity contribution in [3.63, 3.8) is 0 Å². The third-order valence-electron chi connectivity index (χ3n) is 3.50. The Balaban J connectivity index is 2.50. The number of rotatable bonds is 10. The minimum absolute atomic E-state index is 0.133. The van der Waals surface area contributed by atoms with Gasteiger partial charge in [0.05, 0.1) is 12.7 Å². The largest absolute Gasteiger partial charge is 0.371 e. The van der Waals surface area contributed by atoms with Crippen molar-refractivity contribution in [2.75, 3.05) is 32.8 Å². The molecule has 0 spiro atoms. The zero-order valence-electron chi connectivity index (χ0n) is 13.4. The van der Waals surface area contributed by atoms with Crippen molar-refractivity contribution < 1.29 is 4.74 Å². The molecule has 3 heteroatoms. The summed E-state index contributed by atoms with van der Waals surface area (Å²) in [6.45, 7) is 13.5. The molecule has 3 nitrogen and oxygen atoms in total. The topological polar surface area (TPSA) is 24.5 Å². The van der Waals surface area contributed by atoms with Gasteiger partial charge in [0.1, 0.15) is 0 Å². The summed E-state index contributed by atoms with van der Waals surface area (Å²) in [5.41, 5.74) is 1.25. The quantitative estimate of drug-likeness (QED) is 0.712. The number of benzene rings is 1. The third-order valence-corrected chi connectivity index (χ3v) is 3.50. The van der Waals surface area contributed by atoms with Crippen LogP contribution >= 0.6 is 0 Å². The van der Waals surface area contributed by atoms with Crippen LogP contribution in [0.15, 0.2) is 30.3 Å². The molecule has 0 heterocycles. The summed E-state index contributed by atoms with van der Waals surface area (Å²) in [6, 6.07) is 11.0. The standard InChI is InChI=1S/C17H30N2O/c1-5-19(6-2)12-13-20-17(14-18-15(3)4)16-10-8-7-9-11-16/h7-11,15,17-18H,5-6,12-14H2,1-4H3. The fourth-order valence-corrected chi connectivity index (χ4v) is 2.15. The van der Waals surface area contributed by atoms with Crippen LogP contribution in [-0.2, 0) is 4.74 Å². The summed E-state index contributed by atoms with van der Waals surface area (Å²) in [7, 11) is 0. The van der Waals surface area contributed by atoms with E-state index < -0.39 is 0 Å². The maximum Gasteiger partial charge on any atom is 0.0949 e. The minimum Gasteiger partial charge on any atom is -0.371 e. The molecule has 0 radical (unpaired) electrons. The lowest BCUT2D eigenvalue weighted by Crippen LogP contribution is -2.32. The van der Waals surface area contributed by atoms with E-state index in [-0.39, 0.29) is 6.10 Å². The van der Waals surface area contributed by atoms with E-state index in [0.29, 0.717) is 6.04 Å². The highest BCUT2D eigenvalue weighted by Gasteiger charge is 2.12. The van der Waals surface area contributed by atoms with Gasteiger partial charge in [-0.1, -0.05) is 58.0 Å². The molecule has 0 aromatic heterocycles. The SMILES string of the molecule is CCN(CC)CCOC(CNC(C)C)c1ccccc1. The van der Waals surface area contributed by atoms with Gasteiger partial charge in [0.15, 0.2) is 0 Å². The lowest BCUT2D eigenvalue weighted by molar-refractivity contribution is 0.0371. The Kier molecular flexibility index (Phi) is 8.51. The van der Waals surface area contributed by atoms with E-state index >= 15 is 0 Å². The Labute approximate surface area is 124 Å². The van der Waals surface area contributed by atoms with Gasteiger partial charge in [-0.3, -0.25) is 0 Å². The molecular weight excluding hydrogens is 248 g/mol. The highest BCUT2D eigenvalue weighted by Crippen LogP contribution is 2.16. The molecule has 0 saturated carbocycles. The molecule has 0 saturated heterocycles. The van der Waals surface area contributed by atoms with Crippen molar-refractivity contribution in [3.8, 4) is 0 Å². The van der Waals surface area contributed by atoms with E-state index in [1.54, 1.807) is 0 Å². The van der Waals surface area contributed by atoms with Gasteiger partial charge in [-0.05, 0) is 18.7 Å². The second kappa shape index (κ2) is 9.92. The third kappa shape index (κ3) is 6.51. The molecule has 0 fully saturated rings. The van der Waals surface area contributed by atoms with Crippen LogP contribution in [0.5, 0.6) is 0 Å². The summed E-state index contributed by atoms with van der Waals surface area (Å²) in [4.78, 5) is 2.39. The highest BCUT2D eigenvalue weighted by atomic mass is 16.5. The summed E-state index contributed by atoms with van der Waals surface area (Å²) in [6.07, 6.45) is 0.133. The number of nitrogens with zero attached hydrogens (tertiary/aromatic N) is 1. The molecule has 0 aliphatic carbocycles. The number of nitrogens with one attached hydrogen (secondary N) is 1. The Morgan fingerprint density at radius 2 is 1.75 bits per heavy atom. The van der Waals surface area contributed by atoms with Crippen molar-refractivity contribution in [3.05, 3.63) is 35.9 Å². The van der Waals surface area contributed by atoms with Crippen molar-refractivity contribution in [1.82, 2.24) is 10.2 Å². The number of likely N-dealkylation sites (N-methyl/N-ethyl adjacent to an activating group) is 1. The lowest BCUT2D eigenvalue weighted by Gasteiger charge is -2.23. The number of hydrogen-bond acceptors (Lipinski definition) is 3. The average Bonchev–Trinajstić information content (AvgIpc) is 2.47. The van der Waals surface area contributed by atoms with Crippen LogP contribution in [0.2, 0.25) is 0 Å².